The van der Waals surface area contributed by atoms with E-state index in [1.807, 2.05) is 13.8 Å². The largest absolute Gasteiger partial charge is 1.00 e. The minimum atomic E-state index is -0.490. The summed E-state index contributed by atoms with van der Waals surface area (Å²) in [7, 11) is 0. The van der Waals surface area contributed by atoms with Gasteiger partial charge < -0.3 is 22.6 Å². The van der Waals surface area contributed by atoms with E-state index < -0.39 is 12.5 Å². The average Bonchev–Trinajstić information content (AvgIpc) is 2.83. The zero-order valence-corrected chi connectivity index (χ0v) is 26.0. The first kappa shape index (κ1) is 38.3. The first-order chi connectivity index (χ1) is 17.0. The van der Waals surface area contributed by atoms with Crippen molar-refractivity contribution in [3.8, 4) is 0 Å². The fraction of sp³-hybridized carbons (Fsp3) is 1.00. The molecule has 220 valence electrons. The van der Waals surface area contributed by atoms with Gasteiger partial charge in [-0.05, 0) is 25.7 Å². The minimum Gasteiger partial charge on any atom is -1.00 e. The molecule has 0 aliphatic carbocycles. The summed E-state index contributed by atoms with van der Waals surface area (Å²) in [4.78, 5) is 0. The number of hydrogen-bond acceptors (Lipinski definition) is 2. The van der Waals surface area contributed by atoms with Crippen LogP contribution in [0.3, 0.4) is 0 Å². The summed E-state index contributed by atoms with van der Waals surface area (Å²) in [6, 6.07) is 0. The van der Waals surface area contributed by atoms with Crippen molar-refractivity contribution in [2.75, 3.05) is 13.1 Å². The van der Waals surface area contributed by atoms with E-state index >= 15 is 0 Å². The lowest BCUT2D eigenvalue weighted by molar-refractivity contribution is -1.01. The SMILES string of the molecule is CCCCCCCCCCCCCC[N+](CCCCCCCCCCCCCC)(C(C)O)C(C)O.[Cl-]. The maximum absolute atomic E-state index is 10.6. The van der Waals surface area contributed by atoms with Crippen molar-refractivity contribution in [1.82, 2.24) is 0 Å². The van der Waals surface area contributed by atoms with E-state index in [4.69, 9.17) is 0 Å². The Balaban J connectivity index is 0. The van der Waals surface area contributed by atoms with Gasteiger partial charge in [0.1, 0.15) is 0 Å². The Morgan fingerprint density at radius 2 is 0.583 bits per heavy atom. The van der Waals surface area contributed by atoms with Gasteiger partial charge in [0.25, 0.3) is 0 Å². The summed E-state index contributed by atoms with van der Waals surface area (Å²) >= 11 is 0. The standard InChI is InChI=1S/C32H68NO2.ClH/c1-5-7-9-11-13-15-17-19-21-23-25-27-29-33(31(3)34,32(4)35)30-28-26-24-22-20-18-16-14-12-10-8-6-2;/h31-32,34-35H,5-30H2,1-4H3;1H/q+1;/p-1. The third kappa shape index (κ3) is 21.1. The summed E-state index contributed by atoms with van der Waals surface area (Å²) in [5, 5.41) is 21.2. The Morgan fingerprint density at radius 1 is 0.389 bits per heavy atom. The molecule has 0 radical (unpaired) electrons. The van der Waals surface area contributed by atoms with Crippen LogP contribution in [0.1, 0.15) is 182 Å². The summed E-state index contributed by atoms with van der Waals surface area (Å²) < 4.78 is 0.468. The molecule has 0 bridgehead atoms. The molecule has 0 rings (SSSR count). The Labute approximate surface area is 234 Å². The van der Waals surface area contributed by atoms with Gasteiger partial charge in [-0.3, -0.25) is 4.48 Å². The van der Waals surface area contributed by atoms with E-state index in [0.29, 0.717) is 4.48 Å². The Morgan fingerprint density at radius 3 is 0.778 bits per heavy atom. The van der Waals surface area contributed by atoms with Crippen molar-refractivity contribution < 1.29 is 27.1 Å². The molecule has 0 saturated heterocycles. The molecule has 0 saturated carbocycles. The van der Waals surface area contributed by atoms with Gasteiger partial charge in [-0.15, -0.1) is 0 Å². The van der Waals surface area contributed by atoms with Crippen LogP contribution >= 0.6 is 0 Å². The smallest absolute Gasteiger partial charge is 0.189 e. The summed E-state index contributed by atoms with van der Waals surface area (Å²) in [6.07, 6.45) is 31.4. The van der Waals surface area contributed by atoms with Gasteiger partial charge in [0.2, 0.25) is 0 Å². The second kappa shape index (κ2) is 28.2. The van der Waals surface area contributed by atoms with E-state index in [0.717, 1.165) is 25.9 Å². The molecule has 0 aromatic rings. The molecule has 36 heavy (non-hydrogen) atoms. The maximum atomic E-state index is 10.6. The van der Waals surface area contributed by atoms with Gasteiger partial charge in [-0.1, -0.05) is 142 Å². The van der Waals surface area contributed by atoms with Crippen LogP contribution in [0.15, 0.2) is 0 Å². The second-order valence-electron chi connectivity index (χ2n) is 11.6. The number of rotatable bonds is 28. The van der Waals surface area contributed by atoms with Crippen LogP contribution < -0.4 is 12.4 Å². The van der Waals surface area contributed by atoms with Crippen LogP contribution in [0.25, 0.3) is 0 Å². The second-order valence-corrected chi connectivity index (χ2v) is 11.6. The molecule has 0 aromatic carbocycles. The third-order valence-corrected chi connectivity index (χ3v) is 8.34. The van der Waals surface area contributed by atoms with Crippen molar-refractivity contribution >= 4 is 0 Å². The van der Waals surface area contributed by atoms with Crippen LogP contribution in [-0.4, -0.2) is 40.2 Å². The fourth-order valence-corrected chi connectivity index (χ4v) is 5.67. The van der Waals surface area contributed by atoms with Gasteiger partial charge in [0.15, 0.2) is 12.5 Å². The number of nitrogens with zero attached hydrogens (tertiary/aromatic N) is 1. The highest BCUT2D eigenvalue weighted by molar-refractivity contribution is 4.54. The maximum Gasteiger partial charge on any atom is 0.189 e. The molecular formula is C32H68ClNO2. The van der Waals surface area contributed by atoms with E-state index in [-0.39, 0.29) is 12.4 Å². The predicted molar refractivity (Wildman–Crippen MR) is 156 cm³/mol. The van der Waals surface area contributed by atoms with Crippen molar-refractivity contribution in [2.45, 2.75) is 194 Å². The number of quaternary nitrogens is 1. The van der Waals surface area contributed by atoms with Crippen LogP contribution in [0.2, 0.25) is 0 Å². The van der Waals surface area contributed by atoms with E-state index in [1.54, 1.807) is 0 Å². The van der Waals surface area contributed by atoms with Crippen molar-refractivity contribution in [3.63, 3.8) is 0 Å². The summed E-state index contributed by atoms with van der Waals surface area (Å²) in [5.74, 6) is 0. The molecule has 2 unspecified atom stereocenters. The lowest BCUT2D eigenvalue weighted by Crippen LogP contribution is -3.00. The van der Waals surface area contributed by atoms with Gasteiger partial charge in [0, 0.05) is 13.8 Å². The van der Waals surface area contributed by atoms with E-state index in [9.17, 15) is 10.2 Å². The molecular weight excluding hydrogens is 466 g/mol. The Hall–Kier alpha value is 0.170. The lowest BCUT2D eigenvalue weighted by Gasteiger charge is -2.43. The Bertz CT molecular complexity index is 379. The quantitative estimate of drug-likeness (QED) is 0.0653. The van der Waals surface area contributed by atoms with E-state index in [2.05, 4.69) is 13.8 Å². The number of aliphatic hydroxyl groups excluding tert-OH is 2. The average molecular weight is 534 g/mol. The molecule has 0 fully saturated rings. The number of unbranched alkanes of at least 4 members (excludes halogenated alkanes) is 22. The summed E-state index contributed by atoms with van der Waals surface area (Å²) in [6.45, 7) is 10.1. The first-order valence-corrected chi connectivity index (χ1v) is 16.2. The van der Waals surface area contributed by atoms with Crippen LogP contribution in [0, 0.1) is 0 Å². The number of aliphatic hydroxyl groups is 2. The topological polar surface area (TPSA) is 40.5 Å². The molecule has 4 heteroatoms. The molecule has 0 aliphatic heterocycles. The summed E-state index contributed by atoms with van der Waals surface area (Å²) in [5.41, 5.74) is 0. The molecule has 3 nitrogen and oxygen atoms in total. The van der Waals surface area contributed by atoms with Gasteiger partial charge in [0.05, 0.1) is 13.1 Å². The lowest BCUT2D eigenvalue weighted by atomic mass is 10.0. The molecule has 2 N–H and O–H groups in total. The highest BCUT2D eigenvalue weighted by atomic mass is 35.5. The molecule has 0 heterocycles. The molecule has 0 spiro atoms. The molecule has 2 atom stereocenters. The van der Waals surface area contributed by atoms with Crippen LogP contribution in [0.5, 0.6) is 0 Å². The van der Waals surface area contributed by atoms with Crippen molar-refractivity contribution in [2.24, 2.45) is 0 Å². The predicted octanol–water partition coefficient (Wildman–Crippen LogP) is 6.89. The first-order valence-electron chi connectivity index (χ1n) is 16.2. The van der Waals surface area contributed by atoms with Gasteiger partial charge in [-0.2, -0.15) is 0 Å². The fourth-order valence-electron chi connectivity index (χ4n) is 5.67. The Kier molecular flexibility index (Phi) is 30.0. The molecule has 0 amide bonds. The molecule has 0 aromatic heterocycles. The highest BCUT2D eigenvalue weighted by Crippen LogP contribution is 2.22. The minimum absolute atomic E-state index is 0. The van der Waals surface area contributed by atoms with Gasteiger partial charge >= 0.3 is 0 Å². The molecule has 0 aliphatic rings. The highest BCUT2D eigenvalue weighted by Gasteiger charge is 2.36. The zero-order valence-electron chi connectivity index (χ0n) is 25.3. The van der Waals surface area contributed by atoms with Crippen molar-refractivity contribution in [3.05, 3.63) is 0 Å². The van der Waals surface area contributed by atoms with Crippen LogP contribution in [-0.2, 0) is 0 Å². The normalized spacial score (nSPS) is 13.5. The van der Waals surface area contributed by atoms with E-state index in [1.165, 1.54) is 141 Å². The number of halogens is 1. The monoisotopic (exact) mass is 533 g/mol. The van der Waals surface area contributed by atoms with Gasteiger partial charge in [-0.25, -0.2) is 0 Å². The number of hydrogen-bond donors (Lipinski definition) is 2. The van der Waals surface area contributed by atoms with Crippen molar-refractivity contribution in [1.29, 1.82) is 0 Å². The zero-order chi connectivity index (χ0) is 26.0. The van der Waals surface area contributed by atoms with Crippen LogP contribution in [0.4, 0.5) is 0 Å². The third-order valence-electron chi connectivity index (χ3n) is 8.34.